The van der Waals surface area contributed by atoms with Crippen LogP contribution in [0.2, 0.25) is 0 Å². The van der Waals surface area contributed by atoms with Gasteiger partial charge in [0.05, 0.1) is 6.04 Å². The Morgan fingerprint density at radius 2 is 2.11 bits per heavy atom. The first-order valence-electron chi connectivity index (χ1n) is 5.92. The molecule has 0 aliphatic carbocycles. The van der Waals surface area contributed by atoms with Crippen molar-refractivity contribution in [3.05, 3.63) is 34.3 Å². The van der Waals surface area contributed by atoms with E-state index in [0.29, 0.717) is 12.8 Å². The third kappa shape index (κ3) is 2.97. The van der Waals surface area contributed by atoms with Crippen LogP contribution in [0.1, 0.15) is 31.4 Å². The van der Waals surface area contributed by atoms with Crippen LogP contribution in [-0.2, 0) is 9.59 Å². The number of hydrogen-bond acceptors (Lipinski definition) is 3. The third-order valence-corrected chi connectivity index (χ3v) is 3.78. The van der Waals surface area contributed by atoms with Crippen molar-refractivity contribution in [3.8, 4) is 0 Å². The predicted molar refractivity (Wildman–Crippen MR) is 71.9 cm³/mol. The number of benzene rings is 1. The van der Waals surface area contributed by atoms with Crippen LogP contribution in [0.4, 0.5) is 0 Å². The molecule has 1 heterocycles. The first-order chi connectivity index (χ1) is 8.58. The van der Waals surface area contributed by atoms with Gasteiger partial charge in [-0.2, -0.15) is 0 Å². The number of rotatable bonds is 3. The van der Waals surface area contributed by atoms with Crippen LogP contribution in [0.25, 0.3) is 0 Å². The molecule has 1 fully saturated rings. The molecule has 0 saturated carbocycles. The molecule has 5 heteroatoms. The minimum Gasteiger partial charge on any atom is -0.299 e. The molecule has 2 unspecified atom stereocenters. The van der Waals surface area contributed by atoms with Crippen molar-refractivity contribution in [2.75, 3.05) is 0 Å². The second-order valence-electron chi connectivity index (χ2n) is 4.41. The van der Waals surface area contributed by atoms with Gasteiger partial charge >= 0.3 is 0 Å². The molecule has 0 aromatic heterocycles. The Morgan fingerprint density at radius 3 is 2.78 bits per heavy atom. The van der Waals surface area contributed by atoms with Crippen molar-refractivity contribution in [3.63, 3.8) is 0 Å². The molecule has 0 bridgehead atoms. The van der Waals surface area contributed by atoms with Gasteiger partial charge in [-0.1, -0.05) is 34.1 Å². The highest BCUT2D eigenvalue weighted by atomic mass is 79.9. The number of nitrogens with one attached hydrogen (secondary N) is 2. The zero-order valence-electron chi connectivity index (χ0n) is 10.1. The minimum atomic E-state index is -0.301. The van der Waals surface area contributed by atoms with Crippen LogP contribution in [0.3, 0.4) is 0 Å². The normalized spacial score (nSPS) is 21.6. The van der Waals surface area contributed by atoms with E-state index < -0.39 is 0 Å². The van der Waals surface area contributed by atoms with Crippen LogP contribution in [0.15, 0.2) is 28.7 Å². The summed E-state index contributed by atoms with van der Waals surface area (Å²) in [6, 6.07) is 7.63. The van der Waals surface area contributed by atoms with Crippen LogP contribution < -0.4 is 10.6 Å². The maximum atomic E-state index is 11.7. The molecule has 0 spiro atoms. The van der Waals surface area contributed by atoms with Gasteiger partial charge in [0.1, 0.15) is 0 Å². The summed E-state index contributed by atoms with van der Waals surface area (Å²) in [5.74, 6) is -0.420. The van der Waals surface area contributed by atoms with Gasteiger partial charge in [0.25, 0.3) is 0 Å². The number of piperidine rings is 1. The van der Waals surface area contributed by atoms with Gasteiger partial charge in [-0.3, -0.25) is 20.2 Å². The quantitative estimate of drug-likeness (QED) is 0.838. The van der Waals surface area contributed by atoms with E-state index >= 15 is 0 Å². The zero-order valence-corrected chi connectivity index (χ0v) is 11.7. The van der Waals surface area contributed by atoms with E-state index in [1.807, 2.05) is 31.2 Å². The number of carbonyl (C=O) groups excluding carboxylic acids is 2. The Labute approximate surface area is 114 Å². The van der Waals surface area contributed by atoms with E-state index in [1.165, 1.54) is 0 Å². The maximum absolute atomic E-state index is 11.7. The van der Waals surface area contributed by atoms with Gasteiger partial charge in [0.2, 0.25) is 11.8 Å². The van der Waals surface area contributed by atoms with E-state index in [-0.39, 0.29) is 23.9 Å². The summed E-state index contributed by atoms with van der Waals surface area (Å²) < 4.78 is 1.01. The molecule has 2 atom stereocenters. The van der Waals surface area contributed by atoms with Crippen molar-refractivity contribution in [1.29, 1.82) is 0 Å². The van der Waals surface area contributed by atoms with Gasteiger partial charge < -0.3 is 0 Å². The van der Waals surface area contributed by atoms with Crippen LogP contribution in [-0.4, -0.2) is 17.9 Å². The molecule has 1 aromatic rings. The van der Waals surface area contributed by atoms with Crippen LogP contribution >= 0.6 is 15.9 Å². The Bertz CT molecular complexity index is 476. The van der Waals surface area contributed by atoms with Gasteiger partial charge in [-0.25, -0.2) is 0 Å². The first kappa shape index (κ1) is 13.2. The van der Waals surface area contributed by atoms with Gasteiger partial charge in [-0.15, -0.1) is 0 Å². The molecule has 2 amide bonds. The molecule has 2 rings (SSSR count). The summed E-state index contributed by atoms with van der Waals surface area (Å²) in [6.07, 6.45) is 0.950. The van der Waals surface area contributed by atoms with E-state index in [0.717, 1.165) is 10.0 Å². The second kappa shape index (κ2) is 5.63. The monoisotopic (exact) mass is 310 g/mol. The van der Waals surface area contributed by atoms with Gasteiger partial charge in [0.15, 0.2) is 0 Å². The third-order valence-electron chi connectivity index (χ3n) is 3.06. The van der Waals surface area contributed by atoms with Gasteiger partial charge in [-0.05, 0) is 25.0 Å². The Morgan fingerprint density at radius 1 is 1.39 bits per heavy atom. The second-order valence-corrected chi connectivity index (χ2v) is 5.27. The molecular formula is C13H15BrN2O2. The highest BCUT2D eigenvalue weighted by Gasteiger charge is 2.27. The number of imide groups is 1. The molecule has 18 heavy (non-hydrogen) atoms. The van der Waals surface area contributed by atoms with Crippen molar-refractivity contribution in [2.24, 2.45) is 0 Å². The minimum absolute atomic E-state index is 0.0459. The summed E-state index contributed by atoms with van der Waals surface area (Å²) in [4.78, 5) is 22.7. The molecule has 4 nitrogen and oxygen atoms in total. The topological polar surface area (TPSA) is 58.2 Å². The number of halogens is 1. The summed E-state index contributed by atoms with van der Waals surface area (Å²) >= 11 is 3.49. The summed E-state index contributed by atoms with van der Waals surface area (Å²) in [7, 11) is 0. The van der Waals surface area contributed by atoms with E-state index in [9.17, 15) is 9.59 Å². The fourth-order valence-electron chi connectivity index (χ4n) is 2.07. The van der Waals surface area contributed by atoms with E-state index in [1.54, 1.807) is 0 Å². The predicted octanol–water partition coefficient (Wildman–Crippen LogP) is 1.90. The summed E-state index contributed by atoms with van der Waals surface area (Å²) in [6.45, 7) is 2.00. The number of hydrogen-bond donors (Lipinski definition) is 2. The fourth-order valence-corrected chi connectivity index (χ4v) is 2.70. The van der Waals surface area contributed by atoms with Crippen LogP contribution in [0, 0.1) is 0 Å². The highest BCUT2D eigenvalue weighted by molar-refractivity contribution is 9.10. The van der Waals surface area contributed by atoms with E-state index in [2.05, 4.69) is 26.6 Å². The standard InChI is InChI=1S/C13H15BrN2O2/c1-8(9-4-2-3-5-10(9)14)15-11-6-7-12(17)16-13(11)18/h2-5,8,11,15H,6-7H2,1H3,(H,16,17,18). The number of amides is 2. The van der Waals surface area contributed by atoms with Crippen molar-refractivity contribution in [1.82, 2.24) is 10.6 Å². The molecule has 1 saturated heterocycles. The molecule has 0 radical (unpaired) electrons. The average molecular weight is 311 g/mol. The zero-order chi connectivity index (χ0) is 13.1. The lowest BCUT2D eigenvalue weighted by Gasteiger charge is -2.26. The lowest BCUT2D eigenvalue weighted by molar-refractivity contribution is -0.134. The largest absolute Gasteiger partial charge is 0.299 e. The van der Waals surface area contributed by atoms with Crippen molar-refractivity contribution in [2.45, 2.75) is 31.8 Å². The number of carbonyl (C=O) groups is 2. The van der Waals surface area contributed by atoms with Crippen molar-refractivity contribution >= 4 is 27.7 Å². The van der Waals surface area contributed by atoms with Crippen molar-refractivity contribution < 1.29 is 9.59 Å². The summed E-state index contributed by atoms with van der Waals surface area (Å²) in [5.41, 5.74) is 1.10. The fraction of sp³-hybridized carbons (Fsp3) is 0.385. The van der Waals surface area contributed by atoms with E-state index in [4.69, 9.17) is 0 Å². The molecule has 96 valence electrons. The SMILES string of the molecule is CC(NC1CCC(=O)NC1=O)c1ccccc1Br. The smallest absolute Gasteiger partial charge is 0.243 e. The summed E-state index contributed by atoms with van der Waals surface area (Å²) in [5, 5.41) is 5.60. The Balaban J connectivity index is 2.04. The lowest BCUT2D eigenvalue weighted by Crippen LogP contribution is -2.51. The molecule has 1 aliphatic heterocycles. The molecule has 1 aromatic carbocycles. The Kier molecular flexibility index (Phi) is 4.14. The Hall–Kier alpha value is -1.20. The first-order valence-corrected chi connectivity index (χ1v) is 6.71. The molecular weight excluding hydrogens is 296 g/mol. The van der Waals surface area contributed by atoms with Gasteiger partial charge in [0, 0.05) is 16.9 Å². The highest BCUT2D eigenvalue weighted by Crippen LogP contribution is 2.23. The molecule has 1 aliphatic rings. The van der Waals surface area contributed by atoms with Crippen LogP contribution in [0.5, 0.6) is 0 Å². The average Bonchev–Trinajstić information content (AvgIpc) is 2.33. The lowest BCUT2D eigenvalue weighted by atomic mass is 10.0. The molecule has 2 N–H and O–H groups in total. The maximum Gasteiger partial charge on any atom is 0.243 e.